The molecular weight excluding hydrogens is 288 g/mol. The van der Waals surface area contributed by atoms with Crippen molar-refractivity contribution in [2.24, 2.45) is 5.92 Å². The van der Waals surface area contributed by atoms with Gasteiger partial charge in [0.1, 0.15) is 0 Å². The lowest BCUT2D eigenvalue weighted by Crippen LogP contribution is -2.15. The molecule has 1 aromatic heterocycles. The van der Waals surface area contributed by atoms with Gasteiger partial charge < -0.3 is 10.6 Å². The third-order valence-electron chi connectivity index (χ3n) is 3.37. The first-order valence-corrected chi connectivity index (χ1v) is 7.95. The van der Waals surface area contributed by atoms with E-state index in [1.807, 2.05) is 38.1 Å². The lowest BCUT2D eigenvalue weighted by atomic mass is 10.0. The third-order valence-corrected chi connectivity index (χ3v) is 3.37. The number of carbonyl (C=O) groups excluding carboxylic acids is 1. The summed E-state index contributed by atoms with van der Waals surface area (Å²) in [4.78, 5) is 11.7. The van der Waals surface area contributed by atoms with Crippen molar-refractivity contribution in [1.29, 1.82) is 0 Å². The molecule has 0 unspecified atom stereocenters. The number of hydrogen-bond acceptors (Lipinski definition) is 4. The first-order valence-electron chi connectivity index (χ1n) is 7.95. The highest BCUT2D eigenvalue weighted by atomic mass is 16.1. The number of nitrogens with one attached hydrogen (secondary N) is 2. The van der Waals surface area contributed by atoms with Crippen LogP contribution < -0.4 is 10.6 Å². The van der Waals surface area contributed by atoms with Crippen LogP contribution in [0, 0.1) is 5.92 Å². The Hall–Kier alpha value is -2.43. The van der Waals surface area contributed by atoms with Crippen molar-refractivity contribution in [2.45, 2.75) is 40.0 Å². The summed E-state index contributed by atoms with van der Waals surface area (Å²) in [5.41, 5.74) is 2.25. The fourth-order valence-electron chi connectivity index (χ4n) is 2.28. The van der Waals surface area contributed by atoms with Crippen LogP contribution in [0.4, 0.5) is 17.3 Å². The molecule has 0 aliphatic carbocycles. The van der Waals surface area contributed by atoms with Crippen LogP contribution >= 0.6 is 0 Å². The number of rotatable bonds is 6. The standard InChI is InChI=1S/C18H24N4O/c1-12(2)11-18(23)20-17-10-9-16(21-22-17)19-15-8-6-5-7-14(15)13(3)4/h5-10,12-13H,11H2,1-4H3,(H,19,21)(H,20,22,23). The fraction of sp³-hybridized carbons (Fsp3) is 0.389. The van der Waals surface area contributed by atoms with Gasteiger partial charge in [0.15, 0.2) is 11.6 Å². The molecule has 5 nitrogen and oxygen atoms in total. The second kappa shape index (κ2) is 7.72. The van der Waals surface area contributed by atoms with Crippen LogP contribution in [0.15, 0.2) is 36.4 Å². The number of amides is 1. The number of carbonyl (C=O) groups is 1. The van der Waals surface area contributed by atoms with E-state index in [9.17, 15) is 4.79 Å². The van der Waals surface area contributed by atoms with Crippen LogP contribution in [0.2, 0.25) is 0 Å². The summed E-state index contributed by atoms with van der Waals surface area (Å²) in [6, 6.07) is 11.7. The van der Waals surface area contributed by atoms with Gasteiger partial charge in [-0.15, -0.1) is 10.2 Å². The zero-order chi connectivity index (χ0) is 16.8. The molecule has 0 atom stereocenters. The molecule has 0 aliphatic rings. The molecule has 0 bridgehead atoms. The predicted molar refractivity (Wildman–Crippen MR) is 93.9 cm³/mol. The summed E-state index contributed by atoms with van der Waals surface area (Å²) < 4.78 is 0. The van der Waals surface area contributed by atoms with Gasteiger partial charge in [-0.25, -0.2) is 0 Å². The first-order chi connectivity index (χ1) is 11.0. The van der Waals surface area contributed by atoms with Gasteiger partial charge in [0.05, 0.1) is 0 Å². The van der Waals surface area contributed by atoms with Crippen molar-refractivity contribution in [3.63, 3.8) is 0 Å². The first kappa shape index (κ1) is 16.9. The van der Waals surface area contributed by atoms with Crippen molar-refractivity contribution >= 4 is 23.2 Å². The lowest BCUT2D eigenvalue weighted by Gasteiger charge is -2.13. The molecule has 1 heterocycles. The van der Waals surface area contributed by atoms with Gasteiger partial charge in [-0.1, -0.05) is 45.9 Å². The molecule has 0 aliphatic heterocycles. The molecule has 5 heteroatoms. The fourth-order valence-corrected chi connectivity index (χ4v) is 2.28. The topological polar surface area (TPSA) is 66.9 Å². The van der Waals surface area contributed by atoms with Crippen LogP contribution in [0.1, 0.15) is 45.6 Å². The minimum absolute atomic E-state index is 0.0415. The zero-order valence-corrected chi connectivity index (χ0v) is 14.1. The van der Waals surface area contributed by atoms with Gasteiger partial charge in [-0.3, -0.25) is 4.79 Å². The predicted octanol–water partition coefficient (Wildman–Crippen LogP) is 4.33. The smallest absolute Gasteiger partial charge is 0.225 e. The number of anilines is 3. The van der Waals surface area contributed by atoms with E-state index in [0.717, 1.165) is 5.69 Å². The van der Waals surface area contributed by atoms with E-state index in [0.29, 0.717) is 29.9 Å². The monoisotopic (exact) mass is 312 g/mol. The van der Waals surface area contributed by atoms with Crippen LogP contribution in [0.25, 0.3) is 0 Å². The zero-order valence-electron chi connectivity index (χ0n) is 14.1. The normalized spacial score (nSPS) is 10.9. The average Bonchev–Trinajstić information content (AvgIpc) is 2.48. The number of aromatic nitrogens is 2. The molecule has 0 spiro atoms. The molecule has 2 N–H and O–H groups in total. The number of hydrogen-bond donors (Lipinski definition) is 2. The van der Waals surface area contributed by atoms with Crippen LogP contribution in [0.3, 0.4) is 0 Å². The van der Waals surface area contributed by atoms with E-state index in [1.165, 1.54) is 5.56 Å². The van der Waals surface area contributed by atoms with Crippen molar-refractivity contribution in [3.8, 4) is 0 Å². The van der Waals surface area contributed by atoms with E-state index in [4.69, 9.17) is 0 Å². The van der Waals surface area contributed by atoms with E-state index >= 15 is 0 Å². The van der Waals surface area contributed by atoms with E-state index < -0.39 is 0 Å². The summed E-state index contributed by atoms with van der Waals surface area (Å²) in [6.07, 6.45) is 0.476. The van der Waals surface area contributed by atoms with Gasteiger partial charge >= 0.3 is 0 Å². The third kappa shape index (κ3) is 5.06. The molecular formula is C18H24N4O. The van der Waals surface area contributed by atoms with Crippen LogP contribution in [-0.4, -0.2) is 16.1 Å². The van der Waals surface area contributed by atoms with E-state index in [1.54, 1.807) is 6.07 Å². The molecule has 0 saturated heterocycles. The molecule has 0 saturated carbocycles. The van der Waals surface area contributed by atoms with Gasteiger partial charge in [0.2, 0.25) is 5.91 Å². The van der Waals surface area contributed by atoms with Crippen molar-refractivity contribution in [1.82, 2.24) is 10.2 Å². The number of benzene rings is 1. The highest BCUT2D eigenvalue weighted by Gasteiger charge is 2.08. The Morgan fingerprint density at radius 2 is 1.65 bits per heavy atom. The quantitative estimate of drug-likeness (QED) is 0.833. The maximum atomic E-state index is 11.7. The Bertz CT molecular complexity index is 650. The summed E-state index contributed by atoms with van der Waals surface area (Å²) in [7, 11) is 0. The maximum absolute atomic E-state index is 11.7. The summed E-state index contributed by atoms with van der Waals surface area (Å²) in [5.74, 6) is 1.82. The Labute approximate surface area is 137 Å². The SMILES string of the molecule is CC(C)CC(=O)Nc1ccc(Nc2ccccc2C(C)C)nn1. The minimum atomic E-state index is -0.0415. The highest BCUT2D eigenvalue weighted by Crippen LogP contribution is 2.26. The summed E-state index contributed by atoms with van der Waals surface area (Å²) >= 11 is 0. The lowest BCUT2D eigenvalue weighted by molar-refractivity contribution is -0.116. The van der Waals surface area contributed by atoms with Gasteiger partial charge in [0, 0.05) is 12.1 Å². The molecule has 23 heavy (non-hydrogen) atoms. The molecule has 2 aromatic rings. The highest BCUT2D eigenvalue weighted by molar-refractivity contribution is 5.89. The largest absolute Gasteiger partial charge is 0.338 e. The Morgan fingerprint density at radius 1 is 1.00 bits per heavy atom. The van der Waals surface area contributed by atoms with Gasteiger partial charge in [-0.2, -0.15) is 0 Å². The van der Waals surface area contributed by atoms with E-state index in [-0.39, 0.29) is 5.91 Å². The summed E-state index contributed by atoms with van der Waals surface area (Å²) in [5, 5.41) is 14.2. The van der Waals surface area contributed by atoms with Crippen LogP contribution in [0.5, 0.6) is 0 Å². The maximum Gasteiger partial charge on any atom is 0.225 e. The molecule has 1 aromatic carbocycles. The van der Waals surface area contributed by atoms with Crippen molar-refractivity contribution in [2.75, 3.05) is 10.6 Å². The Kier molecular flexibility index (Phi) is 5.68. The molecule has 2 rings (SSSR count). The molecule has 122 valence electrons. The molecule has 0 fully saturated rings. The van der Waals surface area contributed by atoms with Gasteiger partial charge in [-0.05, 0) is 35.6 Å². The number of nitrogens with zero attached hydrogens (tertiary/aromatic N) is 2. The Balaban J connectivity index is 2.05. The van der Waals surface area contributed by atoms with Gasteiger partial charge in [0.25, 0.3) is 0 Å². The second-order valence-electron chi connectivity index (χ2n) is 6.32. The molecule has 1 amide bonds. The minimum Gasteiger partial charge on any atom is -0.338 e. The van der Waals surface area contributed by atoms with E-state index in [2.05, 4.69) is 40.7 Å². The summed E-state index contributed by atoms with van der Waals surface area (Å²) in [6.45, 7) is 8.31. The van der Waals surface area contributed by atoms with Crippen molar-refractivity contribution in [3.05, 3.63) is 42.0 Å². The van der Waals surface area contributed by atoms with Crippen LogP contribution in [-0.2, 0) is 4.79 Å². The molecule has 0 radical (unpaired) electrons. The average molecular weight is 312 g/mol. The number of para-hydroxylation sites is 1. The van der Waals surface area contributed by atoms with Crippen molar-refractivity contribution < 1.29 is 4.79 Å². The second-order valence-corrected chi connectivity index (χ2v) is 6.32. The Morgan fingerprint density at radius 3 is 2.26 bits per heavy atom.